The number of rotatable bonds is 4. The number of hydrogen-bond acceptors (Lipinski definition) is 5. The fourth-order valence-electron chi connectivity index (χ4n) is 4.13. The molecule has 0 radical (unpaired) electrons. The fraction of sp³-hybridized carbons (Fsp3) is 0.409. The predicted molar refractivity (Wildman–Crippen MR) is 123 cm³/mol. The summed E-state index contributed by atoms with van der Waals surface area (Å²) in [6.45, 7) is 3.05. The van der Waals surface area contributed by atoms with E-state index in [-0.39, 0.29) is 16.5 Å². The Morgan fingerprint density at radius 3 is 2.69 bits per heavy atom. The zero-order valence-corrected chi connectivity index (χ0v) is 19.2. The quantitative estimate of drug-likeness (QED) is 0.630. The molecule has 1 saturated carbocycles. The van der Waals surface area contributed by atoms with E-state index >= 15 is 0 Å². The van der Waals surface area contributed by atoms with E-state index < -0.39 is 10.0 Å². The number of nitrogens with zero attached hydrogens (tertiary/aromatic N) is 4. The number of H-pyrrole nitrogens is 1. The molecule has 1 fully saturated rings. The molecule has 3 heterocycles. The van der Waals surface area contributed by atoms with Gasteiger partial charge in [0, 0.05) is 43.6 Å². The Kier molecular flexibility index (Phi) is 4.75. The standard InChI is InChI=1S/C22H26N6O3S/c1-22(8-9-22)26-32(30,31)15-4-5-16-17(12-15)25-20-18(16)19(23-13-24-20)14-6-10-28(11-7-14)21(29)27(2)3/h4-6,12-13,26H,7-11H2,1-3H3,(H,23,24,25). The molecule has 9 nitrogen and oxygen atoms in total. The molecule has 5 rings (SSSR count). The van der Waals surface area contributed by atoms with Gasteiger partial charge in [-0.25, -0.2) is 27.9 Å². The number of aromatic nitrogens is 3. The lowest BCUT2D eigenvalue weighted by atomic mass is 10.0. The van der Waals surface area contributed by atoms with Crippen molar-refractivity contribution in [1.82, 2.24) is 29.5 Å². The van der Waals surface area contributed by atoms with Crippen molar-refractivity contribution in [3.63, 3.8) is 0 Å². The fourth-order valence-corrected chi connectivity index (χ4v) is 5.62. The molecule has 0 spiro atoms. The van der Waals surface area contributed by atoms with Crippen LogP contribution in [-0.2, 0) is 10.0 Å². The molecule has 168 valence electrons. The number of sulfonamides is 1. The highest BCUT2D eigenvalue weighted by Gasteiger charge is 2.41. The minimum atomic E-state index is -3.60. The number of carbonyl (C=O) groups excluding carboxylic acids is 1. The first-order chi connectivity index (χ1) is 15.2. The maximum atomic E-state index is 12.8. The summed E-state index contributed by atoms with van der Waals surface area (Å²) in [5.74, 6) is 0. The monoisotopic (exact) mass is 454 g/mol. The van der Waals surface area contributed by atoms with Gasteiger partial charge in [0.05, 0.1) is 16.0 Å². The van der Waals surface area contributed by atoms with Crippen molar-refractivity contribution in [3.05, 3.63) is 36.3 Å². The first-order valence-corrected chi connectivity index (χ1v) is 12.1. The van der Waals surface area contributed by atoms with Crippen LogP contribution >= 0.6 is 0 Å². The van der Waals surface area contributed by atoms with Crippen LogP contribution in [0.5, 0.6) is 0 Å². The highest BCUT2D eigenvalue weighted by Crippen LogP contribution is 2.37. The third-order valence-electron chi connectivity index (χ3n) is 6.22. The maximum absolute atomic E-state index is 12.8. The third-order valence-corrected chi connectivity index (χ3v) is 7.85. The summed E-state index contributed by atoms with van der Waals surface area (Å²) in [6.07, 6.45) is 5.94. The van der Waals surface area contributed by atoms with Crippen molar-refractivity contribution < 1.29 is 13.2 Å². The molecule has 1 aliphatic heterocycles. The van der Waals surface area contributed by atoms with Crippen LogP contribution in [-0.4, -0.2) is 71.9 Å². The number of aromatic amines is 1. The molecule has 2 amide bonds. The van der Waals surface area contributed by atoms with Gasteiger partial charge in [-0.1, -0.05) is 12.1 Å². The van der Waals surface area contributed by atoms with Gasteiger partial charge in [-0.2, -0.15) is 0 Å². The first-order valence-electron chi connectivity index (χ1n) is 10.6. The summed E-state index contributed by atoms with van der Waals surface area (Å²) < 4.78 is 28.4. The van der Waals surface area contributed by atoms with E-state index in [0.29, 0.717) is 30.7 Å². The van der Waals surface area contributed by atoms with Gasteiger partial charge in [0.25, 0.3) is 0 Å². The van der Waals surface area contributed by atoms with E-state index in [4.69, 9.17) is 0 Å². The Labute approximate surface area is 186 Å². The molecule has 3 aromatic rings. The minimum absolute atomic E-state index is 0.0115. The summed E-state index contributed by atoms with van der Waals surface area (Å²) in [5.41, 5.74) is 2.90. The van der Waals surface area contributed by atoms with Crippen LogP contribution in [0.4, 0.5) is 4.79 Å². The molecule has 0 saturated heterocycles. The van der Waals surface area contributed by atoms with E-state index in [1.165, 1.54) is 6.33 Å². The molecule has 0 unspecified atom stereocenters. The molecule has 2 aliphatic rings. The zero-order valence-electron chi connectivity index (χ0n) is 18.3. The minimum Gasteiger partial charge on any atom is -0.339 e. The maximum Gasteiger partial charge on any atom is 0.319 e. The normalized spacial score (nSPS) is 18.1. The SMILES string of the molecule is CN(C)C(=O)N1CC=C(c2ncnc3[nH]c4cc(S(=O)(=O)NC5(C)CC5)ccc4c23)CC1. The number of hydrogen-bond donors (Lipinski definition) is 2. The van der Waals surface area contributed by atoms with Crippen LogP contribution in [0, 0.1) is 0 Å². The van der Waals surface area contributed by atoms with E-state index in [1.54, 1.807) is 36.0 Å². The Morgan fingerprint density at radius 1 is 1.25 bits per heavy atom. The van der Waals surface area contributed by atoms with E-state index in [1.807, 2.05) is 19.1 Å². The number of urea groups is 1. The Bertz CT molecular complexity index is 1370. The van der Waals surface area contributed by atoms with E-state index in [2.05, 4.69) is 19.7 Å². The average molecular weight is 455 g/mol. The lowest BCUT2D eigenvalue weighted by Gasteiger charge is -2.29. The second kappa shape index (κ2) is 7.28. The van der Waals surface area contributed by atoms with Crippen LogP contribution in [0.1, 0.15) is 31.9 Å². The summed E-state index contributed by atoms with van der Waals surface area (Å²) in [7, 11) is -0.102. The zero-order chi connectivity index (χ0) is 22.7. The molecule has 1 aromatic carbocycles. The molecule has 0 atom stereocenters. The Hall–Kier alpha value is -2.98. The van der Waals surface area contributed by atoms with E-state index in [0.717, 1.165) is 34.9 Å². The molecule has 10 heteroatoms. The predicted octanol–water partition coefficient (Wildman–Crippen LogP) is 2.71. The molecular formula is C22H26N6O3S. The van der Waals surface area contributed by atoms with E-state index in [9.17, 15) is 13.2 Å². The largest absolute Gasteiger partial charge is 0.339 e. The lowest BCUT2D eigenvalue weighted by molar-refractivity contribution is 0.176. The van der Waals surface area contributed by atoms with Crippen LogP contribution in [0.25, 0.3) is 27.5 Å². The van der Waals surface area contributed by atoms with Gasteiger partial charge in [0.1, 0.15) is 12.0 Å². The van der Waals surface area contributed by atoms with Crippen LogP contribution in [0.15, 0.2) is 35.5 Å². The lowest BCUT2D eigenvalue weighted by Crippen LogP contribution is -2.41. The molecule has 2 aromatic heterocycles. The van der Waals surface area contributed by atoms with Crippen LogP contribution < -0.4 is 4.72 Å². The second-order valence-electron chi connectivity index (χ2n) is 9.05. The van der Waals surface area contributed by atoms with Gasteiger partial charge >= 0.3 is 6.03 Å². The van der Waals surface area contributed by atoms with Crippen molar-refractivity contribution in [2.75, 3.05) is 27.2 Å². The Balaban J connectivity index is 1.53. The van der Waals surface area contributed by atoms with Gasteiger partial charge < -0.3 is 14.8 Å². The van der Waals surface area contributed by atoms with Crippen molar-refractivity contribution in [2.45, 2.75) is 36.6 Å². The van der Waals surface area contributed by atoms with Gasteiger partial charge in [0.2, 0.25) is 10.0 Å². The summed E-state index contributed by atoms with van der Waals surface area (Å²) in [6, 6.07) is 5.09. The van der Waals surface area contributed by atoms with Gasteiger partial charge in [-0.05, 0) is 43.9 Å². The second-order valence-corrected chi connectivity index (χ2v) is 10.7. The number of fused-ring (bicyclic) bond motifs is 3. The average Bonchev–Trinajstić information content (AvgIpc) is 3.35. The van der Waals surface area contributed by atoms with Crippen molar-refractivity contribution in [3.8, 4) is 0 Å². The number of amides is 2. The van der Waals surface area contributed by atoms with Crippen molar-refractivity contribution in [2.24, 2.45) is 0 Å². The number of nitrogens with one attached hydrogen (secondary N) is 2. The summed E-state index contributed by atoms with van der Waals surface area (Å²) in [5, 5.41) is 1.74. The summed E-state index contributed by atoms with van der Waals surface area (Å²) >= 11 is 0. The van der Waals surface area contributed by atoms with Gasteiger partial charge in [-0.15, -0.1) is 0 Å². The molecule has 32 heavy (non-hydrogen) atoms. The third kappa shape index (κ3) is 3.63. The first kappa shape index (κ1) is 20.9. The molecule has 1 aliphatic carbocycles. The molecule has 2 N–H and O–H groups in total. The summed E-state index contributed by atoms with van der Waals surface area (Å²) in [4.78, 5) is 28.0. The van der Waals surface area contributed by atoms with Gasteiger partial charge in [-0.3, -0.25) is 0 Å². The van der Waals surface area contributed by atoms with Crippen molar-refractivity contribution >= 4 is 43.6 Å². The molecule has 0 bridgehead atoms. The molecular weight excluding hydrogens is 428 g/mol. The topological polar surface area (TPSA) is 111 Å². The van der Waals surface area contributed by atoms with Gasteiger partial charge in [0.15, 0.2) is 0 Å². The van der Waals surface area contributed by atoms with Crippen molar-refractivity contribution in [1.29, 1.82) is 0 Å². The number of carbonyl (C=O) groups is 1. The number of benzene rings is 1. The Morgan fingerprint density at radius 2 is 2.03 bits per heavy atom. The smallest absolute Gasteiger partial charge is 0.319 e. The van der Waals surface area contributed by atoms with Crippen LogP contribution in [0.3, 0.4) is 0 Å². The van der Waals surface area contributed by atoms with Crippen LogP contribution in [0.2, 0.25) is 0 Å². The highest BCUT2D eigenvalue weighted by molar-refractivity contribution is 7.89. The highest BCUT2D eigenvalue weighted by atomic mass is 32.2.